The van der Waals surface area contributed by atoms with Crippen LogP contribution in [-0.2, 0) is 0 Å². The van der Waals surface area contributed by atoms with Crippen molar-refractivity contribution in [1.82, 2.24) is 4.98 Å². The van der Waals surface area contributed by atoms with Crippen molar-refractivity contribution in [1.29, 1.82) is 0 Å². The Labute approximate surface area is 132 Å². The third kappa shape index (κ3) is 2.58. The Morgan fingerprint density at radius 1 is 1.23 bits per heavy atom. The highest BCUT2D eigenvalue weighted by atomic mass is 79.9. The first-order valence-corrected chi connectivity index (χ1v) is 7.03. The number of hydrogen-bond donors (Lipinski definition) is 2. The van der Waals surface area contributed by atoms with E-state index < -0.39 is 22.8 Å². The number of aromatic hydroxyl groups is 1. The lowest BCUT2D eigenvalue weighted by Crippen LogP contribution is -2.21. The molecule has 2 heterocycles. The standard InChI is InChI=1S/C15H9BrN2O4/c16-8-5-6-11(17-7-8)18-14(20)12-13(19)9-3-1-2-4-10(9)22-15(12)21/h1-7,19H,(H,17,18,20). The van der Waals surface area contributed by atoms with E-state index in [9.17, 15) is 14.7 Å². The number of nitrogens with one attached hydrogen (secondary N) is 1. The molecule has 0 bridgehead atoms. The number of fused-ring (bicyclic) bond motifs is 1. The number of rotatable bonds is 2. The predicted octanol–water partition coefficient (Wildman–Crippen LogP) is 2.91. The molecule has 1 amide bonds. The number of pyridine rings is 1. The average Bonchev–Trinajstić information content (AvgIpc) is 2.49. The minimum absolute atomic E-state index is 0.211. The van der Waals surface area contributed by atoms with E-state index in [1.54, 1.807) is 30.3 Å². The molecule has 0 spiro atoms. The second kappa shape index (κ2) is 5.61. The lowest BCUT2D eigenvalue weighted by molar-refractivity contribution is 0.102. The molecular formula is C15H9BrN2O4. The third-order valence-corrected chi connectivity index (χ3v) is 3.45. The fourth-order valence-corrected chi connectivity index (χ4v) is 2.20. The predicted molar refractivity (Wildman–Crippen MR) is 84.0 cm³/mol. The number of benzene rings is 1. The number of aromatic nitrogens is 1. The van der Waals surface area contributed by atoms with Crippen LogP contribution in [-0.4, -0.2) is 16.0 Å². The summed E-state index contributed by atoms with van der Waals surface area (Å²) in [5.41, 5.74) is -1.16. The molecule has 3 rings (SSSR count). The van der Waals surface area contributed by atoms with E-state index in [1.165, 1.54) is 12.3 Å². The van der Waals surface area contributed by atoms with Gasteiger partial charge in [0.2, 0.25) is 0 Å². The van der Waals surface area contributed by atoms with E-state index in [1.807, 2.05) is 0 Å². The molecule has 0 unspecified atom stereocenters. The Kier molecular flexibility index (Phi) is 3.64. The Hall–Kier alpha value is -2.67. The van der Waals surface area contributed by atoms with Crippen LogP contribution >= 0.6 is 15.9 Å². The van der Waals surface area contributed by atoms with Crippen LogP contribution in [0.3, 0.4) is 0 Å². The summed E-state index contributed by atoms with van der Waals surface area (Å²) in [6.45, 7) is 0. The van der Waals surface area contributed by atoms with E-state index in [4.69, 9.17) is 4.42 Å². The average molecular weight is 361 g/mol. The van der Waals surface area contributed by atoms with Crippen molar-refractivity contribution >= 4 is 38.6 Å². The van der Waals surface area contributed by atoms with Crippen molar-refractivity contribution in [3.8, 4) is 5.75 Å². The lowest BCUT2D eigenvalue weighted by Gasteiger charge is -2.07. The van der Waals surface area contributed by atoms with Crippen LogP contribution in [0.2, 0.25) is 0 Å². The number of amides is 1. The van der Waals surface area contributed by atoms with Gasteiger partial charge in [-0.1, -0.05) is 12.1 Å². The third-order valence-electron chi connectivity index (χ3n) is 2.98. The summed E-state index contributed by atoms with van der Waals surface area (Å²) in [6.07, 6.45) is 1.50. The second-order valence-electron chi connectivity index (χ2n) is 4.43. The number of anilines is 1. The molecule has 0 fully saturated rings. The summed E-state index contributed by atoms with van der Waals surface area (Å²) >= 11 is 3.23. The first kappa shape index (κ1) is 14.3. The molecule has 3 aromatic rings. The summed E-state index contributed by atoms with van der Waals surface area (Å²) in [6, 6.07) is 9.67. The Morgan fingerprint density at radius 3 is 2.73 bits per heavy atom. The van der Waals surface area contributed by atoms with E-state index in [2.05, 4.69) is 26.2 Å². The molecule has 0 saturated heterocycles. The van der Waals surface area contributed by atoms with Crippen LogP contribution in [0, 0.1) is 0 Å². The van der Waals surface area contributed by atoms with E-state index in [0.29, 0.717) is 0 Å². The number of halogens is 1. The summed E-state index contributed by atoms with van der Waals surface area (Å²) in [5, 5.41) is 12.9. The van der Waals surface area contributed by atoms with Gasteiger partial charge in [0, 0.05) is 10.7 Å². The van der Waals surface area contributed by atoms with E-state index in [0.717, 1.165) is 4.47 Å². The minimum atomic E-state index is -0.911. The first-order valence-electron chi connectivity index (χ1n) is 6.24. The van der Waals surface area contributed by atoms with Gasteiger partial charge in [-0.3, -0.25) is 4.79 Å². The molecular weight excluding hydrogens is 352 g/mol. The summed E-state index contributed by atoms with van der Waals surface area (Å²) < 4.78 is 5.80. The SMILES string of the molecule is O=C(Nc1ccc(Br)cn1)c1c(O)c2ccccc2oc1=O. The maximum Gasteiger partial charge on any atom is 0.353 e. The summed E-state index contributed by atoms with van der Waals surface area (Å²) in [7, 11) is 0. The highest BCUT2D eigenvalue weighted by molar-refractivity contribution is 9.10. The summed E-state index contributed by atoms with van der Waals surface area (Å²) in [4.78, 5) is 28.1. The lowest BCUT2D eigenvalue weighted by atomic mass is 10.1. The van der Waals surface area contributed by atoms with Crippen molar-refractivity contribution in [3.05, 3.63) is 63.1 Å². The number of para-hydroxylation sites is 1. The topological polar surface area (TPSA) is 92.4 Å². The Bertz CT molecular complexity index is 919. The van der Waals surface area contributed by atoms with Crippen LogP contribution in [0.5, 0.6) is 5.75 Å². The van der Waals surface area contributed by atoms with E-state index >= 15 is 0 Å². The highest BCUT2D eigenvalue weighted by Crippen LogP contribution is 2.26. The van der Waals surface area contributed by atoms with Gasteiger partial charge in [0.05, 0.1) is 5.39 Å². The van der Waals surface area contributed by atoms with Crippen LogP contribution in [0.25, 0.3) is 11.0 Å². The fraction of sp³-hybridized carbons (Fsp3) is 0. The van der Waals surface area contributed by atoms with Crippen LogP contribution < -0.4 is 10.9 Å². The number of carbonyl (C=O) groups excluding carboxylic acids is 1. The van der Waals surface area contributed by atoms with Crippen LogP contribution in [0.15, 0.2) is 56.3 Å². The maximum absolute atomic E-state index is 12.2. The van der Waals surface area contributed by atoms with Gasteiger partial charge in [0.15, 0.2) is 5.56 Å². The van der Waals surface area contributed by atoms with Gasteiger partial charge in [-0.2, -0.15) is 0 Å². The quantitative estimate of drug-likeness (QED) is 0.685. The molecule has 1 aromatic carbocycles. The van der Waals surface area contributed by atoms with Crippen molar-refractivity contribution in [2.24, 2.45) is 0 Å². The smallest absolute Gasteiger partial charge is 0.353 e. The second-order valence-corrected chi connectivity index (χ2v) is 5.34. The molecule has 0 saturated carbocycles. The molecule has 0 atom stereocenters. The monoisotopic (exact) mass is 360 g/mol. The van der Waals surface area contributed by atoms with Gasteiger partial charge >= 0.3 is 5.63 Å². The molecule has 2 N–H and O–H groups in total. The maximum atomic E-state index is 12.2. The van der Waals surface area contributed by atoms with Crippen molar-refractivity contribution in [2.75, 3.05) is 5.32 Å². The minimum Gasteiger partial charge on any atom is -0.506 e. The van der Waals surface area contributed by atoms with Crippen molar-refractivity contribution in [3.63, 3.8) is 0 Å². The van der Waals surface area contributed by atoms with Gasteiger partial charge in [-0.15, -0.1) is 0 Å². The van der Waals surface area contributed by atoms with Crippen molar-refractivity contribution < 1.29 is 14.3 Å². The number of nitrogens with zero attached hydrogens (tertiary/aromatic N) is 1. The molecule has 6 nitrogen and oxygen atoms in total. The zero-order valence-corrected chi connectivity index (χ0v) is 12.6. The van der Waals surface area contributed by atoms with Gasteiger partial charge in [0.1, 0.15) is 17.2 Å². The molecule has 2 aromatic heterocycles. The normalized spacial score (nSPS) is 10.6. The molecule has 0 aliphatic rings. The van der Waals surface area contributed by atoms with E-state index in [-0.39, 0.29) is 16.8 Å². The summed E-state index contributed by atoms with van der Waals surface area (Å²) in [5.74, 6) is -0.951. The zero-order chi connectivity index (χ0) is 15.7. The largest absolute Gasteiger partial charge is 0.506 e. The Morgan fingerprint density at radius 2 is 2.00 bits per heavy atom. The van der Waals surface area contributed by atoms with Crippen molar-refractivity contribution in [2.45, 2.75) is 0 Å². The zero-order valence-electron chi connectivity index (χ0n) is 11.0. The first-order chi connectivity index (χ1) is 10.6. The molecule has 7 heteroatoms. The molecule has 110 valence electrons. The molecule has 22 heavy (non-hydrogen) atoms. The van der Waals surface area contributed by atoms with Gasteiger partial charge in [-0.25, -0.2) is 9.78 Å². The Balaban J connectivity index is 2.04. The molecule has 0 aliphatic carbocycles. The van der Waals surface area contributed by atoms with Crippen LogP contribution in [0.1, 0.15) is 10.4 Å². The van der Waals surface area contributed by atoms with Crippen LogP contribution in [0.4, 0.5) is 5.82 Å². The highest BCUT2D eigenvalue weighted by Gasteiger charge is 2.21. The van der Waals surface area contributed by atoms with Gasteiger partial charge in [0.25, 0.3) is 5.91 Å². The number of carbonyl (C=O) groups is 1. The molecule has 0 aliphatic heterocycles. The van der Waals surface area contributed by atoms with Gasteiger partial charge < -0.3 is 14.8 Å². The number of hydrogen-bond acceptors (Lipinski definition) is 5. The van der Waals surface area contributed by atoms with Gasteiger partial charge in [-0.05, 0) is 40.2 Å². The fourth-order valence-electron chi connectivity index (χ4n) is 1.96. The molecule has 0 radical (unpaired) electrons.